The summed E-state index contributed by atoms with van der Waals surface area (Å²) < 4.78 is 16.6. The van der Waals surface area contributed by atoms with Crippen LogP contribution in [0.4, 0.5) is 0 Å². The summed E-state index contributed by atoms with van der Waals surface area (Å²) >= 11 is 3.31. The summed E-state index contributed by atoms with van der Waals surface area (Å²) in [7, 11) is 3.08. The number of ether oxygens (including phenoxy) is 3. The van der Waals surface area contributed by atoms with Crippen molar-refractivity contribution in [3.05, 3.63) is 53.6 Å². The highest BCUT2D eigenvalue weighted by molar-refractivity contribution is 9.10. The predicted molar refractivity (Wildman–Crippen MR) is 93.0 cm³/mol. The summed E-state index contributed by atoms with van der Waals surface area (Å²) in [5, 5.41) is 0. The van der Waals surface area contributed by atoms with Crippen molar-refractivity contribution in [3.63, 3.8) is 0 Å². The van der Waals surface area contributed by atoms with Gasteiger partial charge in [0.2, 0.25) is 5.75 Å². The molecular formula is C18H19BrO4. The zero-order valence-electron chi connectivity index (χ0n) is 13.3. The Bertz CT molecular complexity index is 668. The first kappa shape index (κ1) is 17.3. The molecule has 0 heterocycles. The first-order valence-corrected chi connectivity index (χ1v) is 8.10. The summed E-state index contributed by atoms with van der Waals surface area (Å²) in [4.78, 5) is 12.1. The summed E-state index contributed by atoms with van der Waals surface area (Å²) in [6.45, 7) is 2.11. The maximum Gasteiger partial charge on any atom is 0.204 e. The lowest BCUT2D eigenvalue weighted by Gasteiger charge is -2.17. The Hall–Kier alpha value is -2.01. The molecule has 0 amide bonds. The molecule has 0 spiro atoms. The summed E-state index contributed by atoms with van der Waals surface area (Å²) in [5.74, 6) is 1.26. The second kappa shape index (κ2) is 8.02. The van der Waals surface area contributed by atoms with Gasteiger partial charge in [0.15, 0.2) is 17.3 Å². The second-order valence-electron chi connectivity index (χ2n) is 4.93. The Morgan fingerprint density at radius 2 is 1.74 bits per heavy atom. The molecule has 4 nitrogen and oxygen atoms in total. The highest BCUT2D eigenvalue weighted by Crippen LogP contribution is 2.41. The van der Waals surface area contributed by atoms with Crippen molar-refractivity contribution in [1.82, 2.24) is 0 Å². The molecule has 0 saturated heterocycles. The average Bonchev–Trinajstić information content (AvgIpc) is 2.59. The Labute approximate surface area is 144 Å². The van der Waals surface area contributed by atoms with Crippen LogP contribution in [-0.2, 0) is 6.61 Å². The molecule has 0 N–H and O–H groups in total. The molecule has 1 atom stereocenters. The van der Waals surface area contributed by atoms with Crippen molar-refractivity contribution in [2.45, 2.75) is 18.4 Å². The average molecular weight is 379 g/mol. The molecule has 0 aliphatic heterocycles. The van der Waals surface area contributed by atoms with Crippen molar-refractivity contribution in [2.75, 3.05) is 14.2 Å². The minimum atomic E-state index is -0.320. The Morgan fingerprint density at radius 1 is 1.04 bits per heavy atom. The van der Waals surface area contributed by atoms with E-state index in [1.165, 1.54) is 7.11 Å². The minimum Gasteiger partial charge on any atom is -0.493 e. The van der Waals surface area contributed by atoms with Gasteiger partial charge in [-0.3, -0.25) is 4.79 Å². The molecule has 0 saturated carbocycles. The first-order valence-electron chi connectivity index (χ1n) is 7.18. The highest BCUT2D eigenvalue weighted by Gasteiger charge is 2.23. The van der Waals surface area contributed by atoms with Crippen LogP contribution in [0.1, 0.15) is 22.8 Å². The Morgan fingerprint density at radius 3 is 2.30 bits per heavy atom. The molecular weight excluding hydrogens is 360 g/mol. The molecule has 2 aromatic carbocycles. The molecule has 0 aromatic heterocycles. The maximum atomic E-state index is 12.4. The molecule has 0 aliphatic rings. The lowest BCUT2D eigenvalue weighted by atomic mass is 10.1. The van der Waals surface area contributed by atoms with Gasteiger partial charge in [0.05, 0.1) is 24.6 Å². The van der Waals surface area contributed by atoms with Crippen LogP contribution in [0, 0.1) is 0 Å². The minimum absolute atomic E-state index is 0.0750. The van der Waals surface area contributed by atoms with E-state index in [0.29, 0.717) is 29.4 Å². The lowest BCUT2D eigenvalue weighted by Crippen LogP contribution is -2.13. The second-order valence-corrected chi connectivity index (χ2v) is 6.31. The molecule has 0 bridgehead atoms. The lowest BCUT2D eigenvalue weighted by molar-refractivity contribution is 0.0990. The number of ketones is 1. The van der Waals surface area contributed by atoms with Gasteiger partial charge in [-0.25, -0.2) is 0 Å². The molecule has 23 heavy (non-hydrogen) atoms. The van der Waals surface area contributed by atoms with Crippen LogP contribution < -0.4 is 14.2 Å². The molecule has 0 unspecified atom stereocenters. The van der Waals surface area contributed by atoms with Gasteiger partial charge in [0, 0.05) is 0 Å². The fourth-order valence-corrected chi connectivity index (χ4v) is 2.43. The Balaban J connectivity index is 2.41. The van der Waals surface area contributed by atoms with Crippen molar-refractivity contribution in [1.29, 1.82) is 0 Å². The van der Waals surface area contributed by atoms with E-state index in [1.807, 2.05) is 30.3 Å². The van der Waals surface area contributed by atoms with E-state index in [-0.39, 0.29) is 10.6 Å². The number of halogens is 1. The number of carbonyl (C=O) groups excluding carboxylic acids is 1. The molecule has 2 rings (SSSR count). The predicted octanol–water partition coefficient (Wildman–Crippen LogP) is 4.25. The molecule has 0 fully saturated rings. The number of carbonyl (C=O) groups is 1. The SMILES string of the molecule is COc1ccc(C(=O)[C@H](C)Br)c(OCc2ccccc2)c1OC. The fourth-order valence-electron chi connectivity index (χ4n) is 2.18. The van der Waals surface area contributed by atoms with E-state index in [9.17, 15) is 4.79 Å². The number of Topliss-reactive ketones (excluding diaryl/α,β-unsaturated/α-hetero) is 1. The van der Waals surface area contributed by atoms with Crippen LogP contribution in [0.3, 0.4) is 0 Å². The van der Waals surface area contributed by atoms with E-state index in [2.05, 4.69) is 15.9 Å². The normalized spacial score (nSPS) is 11.7. The quantitative estimate of drug-likeness (QED) is 0.533. The third-order valence-corrected chi connectivity index (χ3v) is 3.77. The molecule has 2 aromatic rings. The molecule has 5 heteroatoms. The summed E-state index contributed by atoms with van der Waals surface area (Å²) in [6, 6.07) is 13.1. The number of benzene rings is 2. The van der Waals surface area contributed by atoms with Gasteiger partial charge < -0.3 is 14.2 Å². The van der Waals surface area contributed by atoms with Gasteiger partial charge in [-0.2, -0.15) is 0 Å². The van der Waals surface area contributed by atoms with Crippen LogP contribution in [0.2, 0.25) is 0 Å². The number of methoxy groups -OCH3 is 2. The van der Waals surface area contributed by atoms with E-state index in [1.54, 1.807) is 26.2 Å². The topological polar surface area (TPSA) is 44.8 Å². The van der Waals surface area contributed by atoms with E-state index >= 15 is 0 Å². The monoisotopic (exact) mass is 378 g/mol. The van der Waals surface area contributed by atoms with Gasteiger partial charge in [0.25, 0.3) is 0 Å². The van der Waals surface area contributed by atoms with E-state index < -0.39 is 0 Å². The van der Waals surface area contributed by atoms with Crippen molar-refractivity contribution in [3.8, 4) is 17.2 Å². The van der Waals surface area contributed by atoms with Crippen LogP contribution in [0.25, 0.3) is 0 Å². The standard InChI is InChI=1S/C18H19BrO4/c1-12(19)16(20)14-9-10-15(21-2)18(22-3)17(14)23-11-13-7-5-4-6-8-13/h4-10,12H,11H2,1-3H3/t12-/m0/s1. The molecule has 0 radical (unpaired) electrons. The van der Waals surface area contributed by atoms with Crippen molar-refractivity contribution >= 4 is 21.7 Å². The van der Waals surface area contributed by atoms with Crippen LogP contribution in [0.5, 0.6) is 17.2 Å². The van der Waals surface area contributed by atoms with Gasteiger partial charge in [0.1, 0.15) is 6.61 Å². The summed E-state index contributed by atoms with van der Waals surface area (Å²) in [6.07, 6.45) is 0. The van der Waals surface area contributed by atoms with Gasteiger partial charge in [-0.15, -0.1) is 0 Å². The van der Waals surface area contributed by atoms with Crippen molar-refractivity contribution in [2.24, 2.45) is 0 Å². The van der Waals surface area contributed by atoms with Crippen LogP contribution >= 0.6 is 15.9 Å². The molecule has 0 aliphatic carbocycles. The van der Waals surface area contributed by atoms with Crippen LogP contribution in [-0.4, -0.2) is 24.8 Å². The number of hydrogen-bond acceptors (Lipinski definition) is 4. The number of alkyl halides is 1. The first-order chi connectivity index (χ1) is 11.1. The molecule has 122 valence electrons. The smallest absolute Gasteiger partial charge is 0.204 e. The summed E-state index contributed by atoms with van der Waals surface area (Å²) in [5.41, 5.74) is 1.46. The van der Waals surface area contributed by atoms with E-state index in [0.717, 1.165) is 5.56 Å². The van der Waals surface area contributed by atoms with Gasteiger partial charge in [-0.1, -0.05) is 46.3 Å². The third-order valence-electron chi connectivity index (χ3n) is 3.35. The van der Waals surface area contributed by atoms with E-state index in [4.69, 9.17) is 14.2 Å². The zero-order chi connectivity index (χ0) is 16.8. The largest absolute Gasteiger partial charge is 0.493 e. The van der Waals surface area contributed by atoms with Gasteiger partial charge >= 0.3 is 0 Å². The number of hydrogen-bond donors (Lipinski definition) is 0. The van der Waals surface area contributed by atoms with Gasteiger partial charge in [-0.05, 0) is 24.6 Å². The third kappa shape index (κ3) is 4.05. The van der Waals surface area contributed by atoms with Crippen molar-refractivity contribution < 1.29 is 19.0 Å². The van der Waals surface area contributed by atoms with Crippen LogP contribution in [0.15, 0.2) is 42.5 Å². The number of rotatable bonds is 7. The fraction of sp³-hybridized carbons (Fsp3) is 0.278. The zero-order valence-corrected chi connectivity index (χ0v) is 14.9. The Kier molecular flexibility index (Phi) is 6.04. The maximum absolute atomic E-state index is 12.4. The highest BCUT2D eigenvalue weighted by atomic mass is 79.9.